The first kappa shape index (κ1) is 23.8. The van der Waals surface area contributed by atoms with Crippen LogP contribution in [0, 0.1) is 12.3 Å². The fourth-order valence-electron chi connectivity index (χ4n) is 3.06. The third-order valence-corrected chi connectivity index (χ3v) is 4.83. The maximum absolute atomic E-state index is 13.8. The van der Waals surface area contributed by atoms with E-state index in [1.807, 2.05) is 0 Å². The van der Waals surface area contributed by atoms with Gasteiger partial charge in [0, 0.05) is 41.5 Å². The Morgan fingerprint density at radius 3 is 2.37 bits per heavy atom. The van der Waals surface area contributed by atoms with Crippen molar-refractivity contribution in [3.8, 4) is 11.3 Å². The topological polar surface area (TPSA) is 57.0 Å². The minimum Gasteiger partial charge on any atom is -0.461 e. The van der Waals surface area contributed by atoms with Gasteiger partial charge in [-0.2, -0.15) is 18.3 Å². The van der Waals surface area contributed by atoms with Crippen LogP contribution in [0.25, 0.3) is 11.3 Å². The number of aryl methyl sites for hydroxylation is 1. The van der Waals surface area contributed by atoms with Crippen LogP contribution in [0.3, 0.4) is 0 Å². The van der Waals surface area contributed by atoms with E-state index in [1.54, 1.807) is 20.8 Å². The summed E-state index contributed by atoms with van der Waals surface area (Å²) in [7, 11) is 0. The van der Waals surface area contributed by atoms with Crippen LogP contribution in [0.4, 0.5) is 22.0 Å². The second kappa shape index (κ2) is 8.69. The Hall–Kier alpha value is -2.52. The van der Waals surface area contributed by atoms with E-state index in [4.69, 9.17) is 4.74 Å². The highest BCUT2D eigenvalue weighted by molar-refractivity contribution is 5.91. The molecule has 166 valence electrons. The van der Waals surface area contributed by atoms with E-state index in [0.29, 0.717) is 5.56 Å². The Morgan fingerprint density at radius 1 is 1.23 bits per heavy atom. The lowest BCUT2D eigenvalue weighted by atomic mass is 9.86. The highest BCUT2D eigenvalue weighted by Crippen LogP contribution is 2.41. The molecule has 2 rings (SSSR count). The van der Waals surface area contributed by atoms with E-state index in [2.05, 4.69) is 10.1 Å². The molecule has 0 atom stereocenters. The van der Waals surface area contributed by atoms with Crippen molar-refractivity contribution in [2.45, 2.75) is 60.2 Å². The van der Waals surface area contributed by atoms with Crippen LogP contribution < -0.4 is 0 Å². The molecule has 10 heteroatoms. The van der Waals surface area contributed by atoms with E-state index >= 15 is 0 Å². The molecule has 0 aliphatic carbocycles. The van der Waals surface area contributed by atoms with Gasteiger partial charge in [-0.1, -0.05) is 13.8 Å². The number of halogens is 5. The van der Waals surface area contributed by atoms with Crippen molar-refractivity contribution < 1.29 is 31.5 Å². The van der Waals surface area contributed by atoms with Crippen LogP contribution in [-0.4, -0.2) is 33.5 Å². The number of aromatic nitrogens is 3. The van der Waals surface area contributed by atoms with Crippen LogP contribution in [0.1, 0.15) is 61.4 Å². The maximum atomic E-state index is 13.8. The van der Waals surface area contributed by atoms with Crippen LogP contribution >= 0.6 is 0 Å². The zero-order valence-electron chi connectivity index (χ0n) is 17.4. The van der Waals surface area contributed by atoms with Gasteiger partial charge in [0.25, 0.3) is 6.43 Å². The number of esters is 1. The van der Waals surface area contributed by atoms with Gasteiger partial charge in [-0.05, 0) is 26.8 Å². The first-order valence-corrected chi connectivity index (χ1v) is 9.42. The van der Waals surface area contributed by atoms with Gasteiger partial charge < -0.3 is 4.74 Å². The predicted octanol–water partition coefficient (Wildman–Crippen LogP) is 5.52. The highest BCUT2D eigenvalue weighted by atomic mass is 19.4. The van der Waals surface area contributed by atoms with E-state index in [1.165, 1.54) is 4.68 Å². The minimum absolute atomic E-state index is 0.00352. The Labute approximate surface area is 171 Å². The molecular weight excluding hydrogens is 409 g/mol. The monoisotopic (exact) mass is 433 g/mol. The van der Waals surface area contributed by atoms with Crippen LogP contribution in [0.2, 0.25) is 0 Å². The van der Waals surface area contributed by atoms with E-state index in [0.717, 1.165) is 26.1 Å². The molecule has 0 unspecified atom stereocenters. The standard InChI is InChI=1S/C20H24F5N3O2/c1-6-28-16(11(3)15(27-28)18(29)30-7-2)14-10-26-12(8-13(14)17(21)22)9-19(4,5)20(23,24)25/h8,10,17H,6-7,9H2,1-5H3. The summed E-state index contributed by atoms with van der Waals surface area (Å²) in [6.45, 7) is 7.29. The molecule has 5 nitrogen and oxygen atoms in total. The average Bonchev–Trinajstić information content (AvgIpc) is 2.97. The molecule has 2 aromatic heterocycles. The van der Waals surface area contributed by atoms with Crippen LogP contribution in [-0.2, 0) is 17.7 Å². The molecule has 0 aliphatic heterocycles. The number of carbonyl (C=O) groups excluding carboxylic acids is 1. The molecular formula is C20H24F5N3O2. The summed E-state index contributed by atoms with van der Waals surface area (Å²) < 4.78 is 73.6. The molecule has 0 aliphatic rings. The normalized spacial score (nSPS) is 12.5. The number of rotatable bonds is 7. The van der Waals surface area contributed by atoms with Gasteiger partial charge in [-0.3, -0.25) is 9.67 Å². The Morgan fingerprint density at radius 2 is 1.87 bits per heavy atom. The molecule has 30 heavy (non-hydrogen) atoms. The lowest BCUT2D eigenvalue weighted by Gasteiger charge is -2.27. The summed E-state index contributed by atoms with van der Waals surface area (Å²) in [5, 5.41) is 4.16. The first-order chi connectivity index (χ1) is 13.8. The van der Waals surface area contributed by atoms with Gasteiger partial charge in [-0.15, -0.1) is 0 Å². The van der Waals surface area contributed by atoms with Crippen molar-refractivity contribution in [1.29, 1.82) is 0 Å². The number of nitrogens with zero attached hydrogens (tertiary/aromatic N) is 3. The average molecular weight is 433 g/mol. The largest absolute Gasteiger partial charge is 0.461 e. The minimum atomic E-state index is -4.51. The molecule has 2 heterocycles. The molecule has 0 bridgehead atoms. The second-order valence-corrected chi connectivity index (χ2v) is 7.48. The molecule has 2 aromatic rings. The summed E-state index contributed by atoms with van der Waals surface area (Å²) in [6.07, 6.45) is -6.89. The lowest BCUT2D eigenvalue weighted by Crippen LogP contribution is -2.34. The molecule has 0 radical (unpaired) electrons. The Balaban J connectivity index is 2.59. The molecule has 0 fully saturated rings. The summed E-state index contributed by atoms with van der Waals surface area (Å²) in [4.78, 5) is 16.1. The summed E-state index contributed by atoms with van der Waals surface area (Å²) in [6, 6.07) is 0.990. The molecule has 0 saturated carbocycles. The quantitative estimate of drug-likeness (QED) is 0.426. The Bertz CT molecular complexity index is 920. The predicted molar refractivity (Wildman–Crippen MR) is 100 cm³/mol. The van der Waals surface area contributed by atoms with Gasteiger partial charge >= 0.3 is 12.1 Å². The van der Waals surface area contributed by atoms with Crippen molar-refractivity contribution in [3.63, 3.8) is 0 Å². The number of ether oxygens (including phenoxy) is 1. The first-order valence-electron chi connectivity index (χ1n) is 9.42. The third-order valence-electron chi connectivity index (χ3n) is 4.83. The van der Waals surface area contributed by atoms with Gasteiger partial charge in [0.15, 0.2) is 5.69 Å². The molecule has 0 saturated heterocycles. The van der Waals surface area contributed by atoms with E-state index in [-0.39, 0.29) is 35.8 Å². The summed E-state index contributed by atoms with van der Waals surface area (Å²) in [5.41, 5.74) is -2.09. The zero-order valence-corrected chi connectivity index (χ0v) is 17.4. The number of hydrogen-bond donors (Lipinski definition) is 0. The second-order valence-electron chi connectivity index (χ2n) is 7.48. The van der Waals surface area contributed by atoms with Crippen molar-refractivity contribution in [2.24, 2.45) is 5.41 Å². The Kier molecular flexibility index (Phi) is 6.88. The lowest BCUT2D eigenvalue weighted by molar-refractivity contribution is -0.211. The van der Waals surface area contributed by atoms with Crippen LogP contribution in [0.15, 0.2) is 12.3 Å². The van der Waals surface area contributed by atoms with Crippen LogP contribution in [0.5, 0.6) is 0 Å². The molecule has 0 aromatic carbocycles. The van der Waals surface area contributed by atoms with Gasteiger partial charge in [-0.25, -0.2) is 13.6 Å². The fourth-order valence-corrected chi connectivity index (χ4v) is 3.06. The van der Waals surface area contributed by atoms with Crippen molar-refractivity contribution in [2.75, 3.05) is 6.61 Å². The molecule has 0 spiro atoms. The maximum Gasteiger partial charge on any atom is 0.394 e. The number of carbonyl (C=O) groups is 1. The highest BCUT2D eigenvalue weighted by Gasteiger charge is 2.47. The number of pyridine rings is 1. The summed E-state index contributed by atoms with van der Waals surface area (Å²) in [5.74, 6) is -0.682. The smallest absolute Gasteiger partial charge is 0.394 e. The van der Waals surface area contributed by atoms with Crippen molar-refractivity contribution >= 4 is 5.97 Å². The van der Waals surface area contributed by atoms with Crippen molar-refractivity contribution in [3.05, 3.63) is 34.8 Å². The van der Waals surface area contributed by atoms with Gasteiger partial charge in [0.05, 0.1) is 17.7 Å². The number of alkyl halides is 5. The molecule has 0 amide bonds. The van der Waals surface area contributed by atoms with Gasteiger partial charge in [0.2, 0.25) is 0 Å². The number of hydrogen-bond acceptors (Lipinski definition) is 4. The van der Waals surface area contributed by atoms with Gasteiger partial charge in [0.1, 0.15) is 0 Å². The molecule has 0 N–H and O–H groups in total. The van der Waals surface area contributed by atoms with E-state index < -0.39 is 36.0 Å². The summed E-state index contributed by atoms with van der Waals surface area (Å²) >= 11 is 0. The van der Waals surface area contributed by atoms with Crippen molar-refractivity contribution in [1.82, 2.24) is 14.8 Å². The zero-order chi connectivity index (χ0) is 22.9. The van der Waals surface area contributed by atoms with E-state index in [9.17, 15) is 26.7 Å². The fraction of sp³-hybridized carbons (Fsp3) is 0.550. The third kappa shape index (κ3) is 4.62. The SMILES string of the molecule is CCOC(=O)c1nn(CC)c(-c2cnc(CC(C)(C)C(F)(F)F)cc2C(F)F)c1C.